The Balaban J connectivity index is 0.980. The maximum absolute atomic E-state index is 2.39. The van der Waals surface area contributed by atoms with Crippen LogP contribution in [-0.2, 0) is 0 Å². The van der Waals surface area contributed by atoms with Crippen LogP contribution in [-0.4, -0.2) is 0 Å². The molecule has 3 heteroatoms. The molecule has 1 aliphatic rings. The van der Waals surface area contributed by atoms with E-state index in [1.54, 1.807) is 0 Å². The van der Waals surface area contributed by atoms with Crippen molar-refractivity contribution in [2.24, 2.45) is 0 Å². The fourth-order valence-electron chi connectivity index (χ4n) is 8.09. The lowest BCUT2D eigenvalue weighted by molar-refractivity contribution is 0.956. The van der Waals surface area contributed by atoms with Crippen molar-refractivity contribution in [1.82, 2.24) is 0 Å². The zero-order chi connectivity index (χ0) is 35.3. The number of fused-ring (bicyclic) bond motifs is 6. The average molecular weight is 697 g/mol. The van der Waals surface area contributed by atoms with E-state index in [0.29, 0.717) is 5.92 Å². The summed E-state index contributed by atoms with van der Waals surface area (Å²) in [6.45, 7) is 2.32. The van der Waals surface area contributed by atoms with E-state index in [2.05, 4.69) is 211 Å². The second-order valence-electron chi connectivity index (χ2n) is 13.8. The highest BCUT2D eigenvalue weighted by Gasteiger charge is 2.26. The second-order valence-corrected chi connectivity index (χ2v) is 14.9. The predicted octanol–water partition coefficient (Wildman–Crippen LogP) is 14.8. The van der Waals surface area contributed by atoms with Crippen molar-refractivity contribution in [3.63, 3.8) is 0 Å². The number of hydrogen-bond donors (Lipinski definition) is 0. The largest absolute Gasteiger partial charge is 0.310 e. The second kappa shape index (κ2) is 13.0. The summed E-state index contributed by atoms with van der Waals surface area (Å²) in [5.41, 5.74) is 14.7. The third kappa shape index (κ3) is 5.49. The van der Waals surface area contributed by atoms with E-state index in [4.69, 9.17) is 0 Å². The maximum Gasteiger partial charge on any atom is 0.0476 e. The Morgan fingerprint density at radius 3 is 1.49 bits per heavy atom. The van der Waals surface area contributed by atoms with Gasteiger partial charge in [0.05, 0.1) is 0 Å². The molecule has 1 atom stereocenters. The van der Waals surface area contributed by atoms with Gasteiger partial charge in [-0.05, 0) is 112 Å². The van der Waals surface area contributed by atoms with E-state index in [-0.39, 0.29) is 0 Å². The van der Waals surface area contributed by atoms with Crippen LogP contribution >= 0.6 is 11.3 Å². The molecule has 53 heavy (non-hydrogen) atoms. The normalized spacial score (nSPS) is 13.2. The zero-order valence-corrected chi connectivity index (χ0v) is 30.2. The fourth-order valence-corrected chi connectivity index (χ4v) is 9.23. The smallest absolute Gasteiger partial charge is 0.0476 e. The molecule has 1 heterocycles. The summed E-state index contributed by atoms with van der Waals surface area (Å²) in [4.78, 5) is 4.72. The number of benzene rings is 8. The van der Waals surface area contributed by atoms with E-state index in [1.165, 1.54) is 59.2 Å². The van der Waals surface area contributed by atoms with Gasteiger partial charge in [-0.3, -0.25) is 0 Å². The van der Waals surface area contributed by atoms with E-state index >= 15 is 0 Å². The van der Waals surface area contributed by atoms with Gasteiger partial charge in [-0.1, -0.05) is 122 Å². The fraction of sp³-hybridized carbons (Fsp3) is 0.0400. The van der Waals surface area contributed by atoms with Gasteiger partial charge >= 0.3 is 0 Å². The Hall–Kier alpha value is -6.42. The van der Waals surface area contributed by atoms with Gasteiger partial charge in [0.2, 0.25) is 0 Å². The molecular weight excluding hydrogens is 661 g/mol. The molecule has 252 valence electrons. The molecule has 0 bridgehead atoms. The monoisotopic (exact) mass is 696 g/mol. The number of hydrogen-bond acceptors (Lipinski definition) is 3. The Kier molecular flexibility index (Phi) is 7.66. The van der Waals surface area contributed by atoms with Crippen molar-refractivity contribution in [3.05, 3.63) is 205 Å². The predicted molar refractivity (Wildman–Crippen MR) is 227 cm³/mol. The first-order valence-electron chi connectivity index (χ1n) is 18.2. The van der Waals surface area contributed by atoms with Crippen molar-refractivity contribution in [2.45, 2.75) is 12.8 Å². The van der Waals surface area contributed by atoms with Crippen LogP contribution in [0.1, 0.15) is 24.0 Å². The van der Waals surface area contributed by atoms with Crippen LogP contribution < -0.4 is 9.80 Å². The SMILES string of the molecule is CC1c2ccccc2-c2ccc(N(c3ccccc3)c3ccc(-c4ccc(N(c5ccccc5)c5ccc6c(c5)sc5ccccc56)cc4)cc3)cc21. The number of nitrogens with zero attached hydrogens (tertiary/aromatic N) is 2. The third-order valence-corrected chi connectivity index (χ3v) is 11.8. The minimum absolute atomic E-state index is 0.362. The molecule has 1 aliphatic carbocycles. The van der Waals surface area contributed by atoms with Crippen LogP contribution in [0.2, 0.25) is 0 Å². The van der Waals surface area contributed by atoms with E-state index in [1.807, 2.05) is 11.3 Å². The van der Waals surface area contributed by atoms with Gasteiger partial charge in [-0.15, -0.1) is 11.3 Å². The number of thiophene rings is 1. The summed E-state index contributed by atoms with van der Waals surface area (Å²) in [5.74, 6) is 0.362. The number of para-hydroxylation sites is 2. The molecule has 10 rings (SSSR count). The van der Waals surface area contributed by atoms with E-state index in [0.717, 1.165) is 28.4 Å². The third-order valence-electron chi connectivity index (χ3n) is 10.7. The van der Waals surface area contributed by atoms with Crippen LogP contribution in [0, 0.1) is 0 Å². The molecule has 0 saturated carbocycles. The lowest BCUT2D eigenvalue weighted by Crippen LogP contribution is -2.10. The van der Waals surface area contributed by atoms with Crippen LogP contribution in [0.25, 0.3) is 42.4 Å². The molecule has 8 aromatic carbocycles. The molecule has 0 radical (unpaired) electrons. The van der Waals surface area contributed by atoms with Crippen LogP contribution in [0.3, 0.4) is 0 Å². The van der Waals surface area contributed by atoms with Gasteiger partial charge in [-0.2, -0.15) is 0 Å². The summed E-state index contributed by atoms with van der Waals surface area (Å²) in [5, 5.41) is 2.63. The van der Waals surface area contributed by atoms with Crippen molar-refractivity contribution < 1.29 is 0 Å². The highest BCUT2D eigenvalue weighted by Crippen LogP contribution is 2.47. The van der Waals surface area contributed by atoms with Gasteiger partial charge in [0.15, 0.2) is 0 Å². The molecule has 1 unspecified atom stereocenters. The molecule has 0 aliphatic heterocycles. The minimum Gasteiger partial charge on any atom is -0.310 e. The first-order valence-corrected chi connectivity index (χ1v) is 19.1. The zero-order valence-electron chi connectivity index (χ0n) is 29.4. The lowest BCUT2D eigenvalue weighted by Gasteiger charge is -2.27. The highest BCUT2D eigenvalue weighted by atomic mass is 32.1. The van der Waals surface area contributed by atoms with E-state index in [9.17, 15) is 0 Å². The Morgan fingerprint density at radius 2 is 0.830 bits per heavy atom. The molecule has 1 aromatic heterocycles. The summed E-state index contributed by atoms with van der Waals surface area (Å²) in [7, 11) is 0. The summed E-state index contributed by atoms with van der Waals surface area (Å²) in [6.07, 6.45) is 0. The van der Waals surface area contributed by atoms with Crippen molar-refractivity contribution >= 4 is 65.6 Å². The highest BCUT2D eigenvalue weighted by molar-refractivity contribution is 7.25. The van der Waals surface area contributed by atoms with Gasteiger partial charge in [0.25, 0.3) is 0 Å². The Labute approximate surface area is 314 Å². The average Bonchev–Trinajstić information content (AvgIpc) is 3.73. The van der Waals surface area contributed by atoms with Crippen LogP contribution in [0.15, 0.2) is 194 Å². The van der Waals surface area contributed by atoms with Crippen molar-refractivity contribution in [1.29, 1.82) is 0 Å². The Bertz CT molecular complexity index is 2730. The summed E-state index contributed by atoms with van der Waals surface area (Å²) in [6, 6.07) is 70.6. The van der Waals surface area contributed by atoms with Gasteiger partial charge in [-0.25, -0.2) is 0 Å². The molecule has 0 saturated heterocycles. The minimum atomic E-state index is 0.362. The molecule has 0 fully saturated rings. The first-order chi connectivity index (χ1) is 26.2. The molecule has 0 N–H and O–H groups in total. The first kappa shape index (κ1) is 31.3. The number of rotatable bonds is 7. The molecular formula is C50H36N2S. The summed E-state index contributed by atoms with van der Waals surface area (Å²) >= 11 is 1.86. The van der Waals surface area contributed by atoms with E-state index < -0.39 is 0 Å². The topological polar surface area (TPSA) is 6.48 Å². The maximum atomic E-state index is 2.39. The van der Waals surface area contributed by atoms with Crippen molar-refractivity contribution in [3.8, 4) is 22.3 Å². The molecule has 9 aromatic rings. The standard InChI is InChI=1S/C50H36N2S/c1-34-43-16-8-9-17-44(43)45-30-28-41(32-48(34)45)51(37-12-4-2-5-13-37)39-24-20-35(21-25-39)36-22-26-40(27-23-36)52(38-14-6-3-7-15-38)42-29-31-47-46-18-10-11-19-49(46)53-50(47)33-42/h2-34H,1H3. The van der Waals surface area contributed by atoms with Crippen molar-refractivity contribution in [2.75, 3.05) is 9.80 Å². The molecule has 2 nitrogen and oxygen atoms in total. The van der Waals surface area contributed by atoms with Crippen LogP contribution in [0.4, 0.5) is 34.1 Å². The molecule has 0 spiro atoms. The molecule has 0 amide bonds. The quantitative estimate of drug-likeness (QED) is 0.164. The van der Waals surface area contributed by atoms with Gasteiger partial charge in [0, 0.05) is 60.2 Å². The Morgan fingerprint density at radius 1 is 0.358 bits per heavy atom. The number of anilines is 6. The summed E-state index contributed by atoms with van der Waals surface area (Å²) < 4.78 is 2.62. The van der Waals surface area contributed by atoms with Crippen LogP contribution in [0.5, 0.6) is 0 Å². The van der Waals surface area contributed by atoms with Gasteiger partial charge < -0.3 is 9.80 Å². The van der Waals surface area contributed by atoms with Gasteiger partial charge in [0.1, 0.15) is 0 Å². The lowest BCUT2D eigenvalue weighted by atomic mass is 9.98.